The molecule has 4 nitrogen and oxygen atoms in total. The minimum Gasteiger partial charge on any atom is -0.455 e. The first kappa shape index (κ1) is 40.5. The van der Waals surface area contributed by atoms with Crippen molar-refractivity contribution in [1.82, 2.24) is 15.0 Å². The van der Waals surface area contributed by atoms with E-state index in [0.717, 1.165) is 66.1 Å². The number of rotatable bonds is 4. The van der Waals surface area contributed by atoms with E-state index in [2.05, 4.69) is 232 Å². The Kier molecular flexibility index (Phi) is 8.13. The van der Waals surface area contributed by atoms with Gasteiger partial charge in [-0.15, -0.1) is 0 Å². The van der Waals surface area contributed by atoms with Crippen molar-refractivity contribution in [3.8, 4) is 78.7 Å². The zero-order chi connectivity index (χ0) is 48.2. The second-order valence-corrected chi connectivity index (χ2v) is 20.5. The van der Waals surface area contributed by atoms with Crippen LogP contribution in [-0.2, 0) is 10.8 Å². The van der Waals surface area contributed by atoms with E-state index in [1.54, 1.807) is 0 Å². The second kappa shape index (κ2) is 14.7. The molecule has 340 valence electrons. The lowest BCUT2D eigenvalue weighted by molar-refractivity contribution is 0.653. The van der Waals surface area contributed by atoms with Gasteiger partial charge in [-0.05, 0) is 112 Å². The topological polar surface area (TPSA) is 51.8 Å². The maximum Gasteiger partial charge on any atom is 0.164 e. The van der Waals surface area contributed by atoms with Crippen LogP contribution in [0.15, 0.2) is 229 Å². The van der Waals surface area contributed by atoms with Gasteiger partial charge in [0, 0.05) is 38.4 Å². The Labute approximate surface area is 422 Å². The van der Waals surface area contributed by atoms with Crippen molar-refractivity contribution in [1.29, 1.82) is 0 Å². The Morgan fingerprint density at radius 2 is 0.863 bits per heavy atom. The van der Waals surface area contributed by atoms with E-state index >= 15 is 0 Å². The minimum absolute atomic E-state index is 0.288. The Hall–Kier alpha value is -9.25. The van der Waals surface area contributed by atoms with Crippen LogP contribution in [0.2, 0.25) is 0 Å². The molecular weight excluding hydrogens is 887 g/mol. The molecule has 0 atom stereocenters. The van der Waals surface area contributed by atoms with Crippen molar-refractivity contribution in [2.45, 2.75) is 24.7 Å². The molecular formula is C69H43N3O. The molecule has 2 aromatic heterocycles. The van der Waals surface area contributed by atoms with E-state index in [9.17, 15) is 0 Å². The van der Waals surface area contributed by atoms with Crippen molar-refractivity contribution in [2.24, 2.45) is 0 Å². The van der Waals surface area contributed by atoms with Gasteiger partial charge in [-0.3, -0.25) is 0 Å². The monoisotopic (exact) mass is 929 g/mol. The highest BCUT2D eigenvalue weighted by Crippen LogP contribution is 2.64. The van der Waals surface area contributed by atoms with Gasteiger partial charge in [0.05, 0.1) is 5.41 Å². The summed E-state index contributed by atoms with van der Waals surface area (Å²) < 4.78 is 6.93. The van der Waals surface area contributed by atoms with Gasteiger partial charge in [0.15, 0.2) is 17.5 Å². The van der Waals surface area contributed by atoms with Crippen molar-refractivity contribution < 1.29 is 4.42 Å². The van der Waals surface area contributed by atoms with Crippen molar-refractivity contribution in [3.63, 3.8) is 0 Å². The van der Waals surface area contributed by atoms with Gasteiger partial charge in [0.25, 0.3) is 0 Å². The molecule has 2 heterocycles. The number of aromatic nitrogens is 3. The molecule has 16 rings (SSSR count). The fraction of sp³-hybridized carbons (Fsp3) is 0.0580. The third kappa shape index (κ3) is 5.42. The molecule has 3 aliphatic carbocycles. The lowest BCUT2D eigenvalue weighted by Gasteiger charge is -2.30. The average molecular weight is 930 g/mol. The highest BCUT2D eigenvalue weighted by molar-refractivity contribution is 6.18. The van der Waals surface area contributed by atoms with Crippen molar-refractivity contribution in [2.75, 3.05) is 0 Å². The van der Waals surface area contributed by atoms with E-state index in [0.29, 0.717) is 17.5 Å². The molecule has 0 N–H and O–H groups in total. The lowest BCUT2D eigenvalue weighted by atomic mass is 9.70. The van der Waals surface area contributed by atoms with Crippen LogP contribution < -0.4 is 0 Å². The summed E-state index contributed by atoms with van der Waals surface area (Å²) in [5.41, 5.74) is 21.4. The number of hydrogen-bond acceptors (Lipinski definition) is 4. The van der Waals surface area contributed by atoms with Crippen LogP contribution in [0, 0.1) is 0 Å². The molecule has 13 aromatic rings. The van der Waals surface area contributed by atoms with Gasteiger partial charge in [0.1, 0.15) is 11.2 Å². The van der Waals surface area contributed by atoms with E-state index in [1.165, 1.54) is 72.0 Å². The Morgan fingerprint density at radius 1 is 0.329 bits per heavy atom. The maximum absolute atomic E-state index is 6.93. The fourth-order valence-electron chi connectivity index (χ4n) is 13.3. The number of benzene rings is 11. The van der Waals surface area contributed by atoms with E-state index in [-0.39, 0.29) is 5.41 Å². The summed E-state index contributed by atoms with van der Waals surface area (Å²) in [6, 6.07) is 81.7. The molecule has 3 aliphatic rings. The van der Waals surface area contributed by atoms with Crippen LogP contribution in [0.4, 0.5) is 0 Å². The largest absolute Gasteiger partial charge is 0.455 e. The SMILES string of the molecule is CC1(C)c2ccccc2-c2c1cc(-c1nc(-c3ccc(-c4ccccc4)cc3)nc(-c3ccc4ccc5c6c(ccc5c4c3)C3(c4ccccc4-c4ccccc43)c3ccccc3-6)n1)c1c2oc2ccccc21. The summed E-state index contributed by atoms with van der Waals surface area (Å²) in [6.45, 7) is 4.63. The second-order valence-electron chi connectivity index (χ2n) is 20.5. The van der Waals surface area contributed by atoms with Gasteiger partial charge < -0.3 is 4.42 Å². The summed E-state index contributed by atoms with van der Waals surface area (Å²) in [7, 11) is 0. The van der Waals surface area contributed by atoms with E-state index in [4.69, 9.17) is 19.4 Å². The normalized spacial score (nSPS) is 14.1. The predicted octanol–water partition coefficient (Wildman–Crippen LogP) is 17.4. The van der Waals surface area contributed by atoms with Crippen molar-refractivity contribution in [3.05, 3.63) is 258 Å². The summed E-state index contributed by atoms with van der Waals surface area (Å²) >= 11 is 0. The average Bonchev–Trinajstić information content (AvgIpc) is 4.15. The molecule has 0 bridgehead atoms. The lowest BCUT2D eigenvalue weighted by Crippen LogP contribution is -2.25. The first-order chi connectivity index (χ1) is 35.9. The van der Waals surface area contributed by atoms with Gasteiger partial charge in [-0.25, -0.2) is 15.0 Å². The first-order valence-electron chi connectivity index (χ1n) is 25.3. The highest BCUT2D eigenvalue weighted by Gasteiger charge is 2.52. The van der Waals surface area contributed by atoms with E-state index in [1.807, 2.05) is 6.07 Å². The van der Waals surface area contributed by atoms with Crippen LogP contribution in [0.1, 0.15) is 47.2 Å². The molecule has 0 radical (unpaired) electrons. The van der Waals surface area contributed by atoms with Gasteiger partial charge in [-0.2, -0.15) is 0 Å². The zero-order valence-electron chi connectivity index (χ0n) is 40.1. The molecule has 11 aromatic carbocycles. The molecule has 0 saturated carbocycles. The summed E-state index contributed by atoms with van der Waals surface area (Å²) in [5.74, 6) is 1.83. The molecule has 4 heteroatoms. The molecule has 73 heavy (non-hydrogen) atoms. The number of furan rings is 1. The summed E-state index contributed by atoms with van der Waals surface area (Å²) in [6.07, 6.45) is 0. The molecule has 1 spiro atoms. The zero-order valence-corrected chi connectivity index (χ0v) is 40.1. The Balaban J connectivity index is 0.932. The quantitative estimate of drug-likeness (QED) is 0.165. The van der Waals surface area contributed by atoms with Gasteiger partial charge >= 0.3 is 0 Å². The Bertz CT molecular complexity index is 4480. The molecule has 0 amide bonds. The smallest absolute Gasteiger partial charge is 0.164 e. The third-order valence-corrected chi connectivity index (χ3v) is 16.6. The van der Waals surface area contributed by atoms with Crippen LogP contribution in [0.5, 0.6) is 0 Å². The van der Waals surface area contributed by atoms with Gasteiger partial charge in [-0.1, -0.05) is 220 Å². The van der Waals surface area contributed by atoms with Crippen LogP contribution in [-0.4, -0.2) is 15.0 Å². The molecule has 0 unspecified atom stereocenters. The summed E-state index contributed by atoms with van der Waals surface area (Å²) in [4.78, 5) is 16.3. The van der Waals surface area contributed by atoms with Crippen molar-refractivity contribution >= 4 is 43.5 Å². The fourth-order valence-corrected chi connectivity index (χ4v) is 13.3. The maximum atomic E-state index is 6.93. The Morgan fingerprint density at radius 3 is 1.60 bits per heavy atom. The highest BCUT2D eigenvalue weighted by atomic mass is 16.3. The standard InChI is InChI=1S/C69H43N3O/c1-68(2)54-23-11-8-20-49(54)63-59(68)39-53(62-51-22-10-15-27-60(51)73-64(62)63)67-71-65(43-31-28-41(29-32-43)40-16-4-3-5-17-40)70-66(72-67)44-33-30-42-34-35-48-45(52(42)38-44)36-37-58-61(48)50-21-9-14-26-57(50)69(58)55-24-12-6-18-46(55)47-19-7-13-25-56(47)69/h3-39H,1-2H3. The number of para-hydroxylation sites is 1. The minimum atomic E-state index is -0.414. The number of fused-ring (bicyclic) bond motifs is 21. The van der Waals surface area contributed by atoms with Crippen LogP contribution in [0.3, 0.4) is 0 Å². The molecule has 0 aliphatic heterocycles. The van der Waals surface area contributed by atoms with E-state index < -0.39 is 5.41 Å². The summed E-state index contributed by atoms with van der Waals surface area (Å²) in [5, 5.41) is 6.78. The number of nitrogens with zero attached hydrogens (tertiary/aromatic N) is 3. The van der Waals surface area contributed by atoms with Crippen LogP contribution >= 0.6 is 0 Å². The third-order valence-electron chi connectivity index (χ3n) is 16.6. The molecule has 0 fully saturated rings. The first-order valence-corrected chi connectivity index (χ1v) is 25.3. The van der Waals surface area contributed by atoms with Gasteiger partial charge in [0.2, 0.25) is 0 Å². The predicted molar refractivity (Wildman–Crippen MR) is 298 cm³/mol. The molecule has 0 saturated heterocycles. The number of hydrogen-bond donors (Lipinski definition) is 0. The van der Waals surface area contributed by atoms with Crippen LogP contribution in [0.25, 0.3) is 122 Å².